The summed E-state index contributed by atoms with van der Waals surface area (Å²) in [5, 5.41) is 2.97. The van der Waals surface area contributed by atoms with Crippen LogP contribution in [0.2, 0.25) is 5.02 Å². The summed E-state index contributed by atoms with van der Waals surface area (Å²) in [4.78, 5) is 0.493. The van der Waals surface area contributed by atoms with Crippen LogP contribution < -0.4 is 5.32 Å². The van der Waals surface area contributed by atoms with Gasteiger partial charge in [-0.25, -0.2) is 4.21 Å². The molecule has 1 aliphatic heterocycles. The quantitative estimate of drug-likeness (QED) is 0.670. The average Bonchev–Trinajstić information content (AvgIpc) is 2.22. The van der Waals surface area contributed by atoms with Crippen molar-refractivity contribution in [1.82, 2.24) is 5.32 Å². The van der Waals surface area contributed by atoms with Crippen molar-refractivity contribution in [3.8, 4) is 0 Å². The molecule has 2 rings (SSSR count). The van der Waals surface area contributed by atoms with Gasteiger partial charge in [0.15, 0.2) is 0 Å². The molecule has 1 N–H and O–H groups in total. The van der Waals surface area contributed by atoms with Crippen molar-refractivity contribution in [2.45, 2.75) is 6.18 Å². The van der Waals surface area contributed by atoms with E-state index in [9.17, 15) is 17.4 Å². The van der Waals surface area contributed by atoms with Gasteiger partial charge < -0.3 is 5.32 Å². The summed E-state index contributed by atoms with van der Waals surface area (Å²) in [7, 11) is 0. The minimum Gasteiger partial charge on any atom is -0.315 e. The summed E-state index contributed by atoms with van der Waals surface area (Å²) in [5.74, 6) is 0.0433. The van der Waals surface area contributed by atoms with Crippen LogP contribution in [0.5, 0.6) is 0 Å². The maximum absolute atomic E-state index is 12.5. The van der Waals surface area contributed by atoms with Crippen molar-refractivity contribution in [3.05, 3.63) is 34.3 Å². The van der Waals surface area contributed by atoms with Gasteiger partial charge in [0.1, 0.15) is 0 Å². The molecule has 1 aromatic rings. The maximum atomic E-state index is 12.5. The van der Waals surface area contributed by atoms with Gasteiger partial charge in [-0.05, 0) is 12.1 Å². The fourth-order valence-corrected chi connectivity index (χ4v) is 2.61. The second-order valence-corrected chi connectivity index (χ2v) is 5.01. The third kappa shape index (κ3) is 2.60. The molecule has 0 spiro atoms. The molecule has 0 saturated carbocycles. The van der Waals surface area contributed by atoms with Crippen LogP contribution in [0, 0.1) is 5.92 Å². The molecule has 0 aliphatic carbocycles. The number of alkyl halides is 3. The molecule has 1 fully saturated rings. The van der Waals surface area contributed by atoms with E-state index in [1.807, 2.05) is 0 Å². The highest BCUT2D eigenvalue weighted by Gasteiger charge is 2.32. The Morgan fingerprint density at radius 2 is 2.06 bits per heavy atom. The lowest BCUT2D eigenvalue weighted by Crippen LogP contribution is -2.46. The first-order valence-electron chi connectivity index (χ1n) is 5.18. The van der Waals surface area contributed by atoms with E-state index < -0.39 is 11.7 Å². The van der Waals surface area contributed by atoms with E-state index in [1.54, 1.807) is 0 Å². The monoisotopic (exact) mass is 295 g/mol. The minimum atomic E-state index is -4.43. The van der Waals surface area contributed by atoms with Crippen LogP contribution >= 0.6 is 11.6 Å². The number of nitrogens with one attached hydrogen (secondary N) is 1. The van der Waals surface area contributed by atoms with Crippen molar-refractivity contribution >= 4 is 27.7 Å². The highest BCUT2D eigenvalue weighted by atomic mass is 35.5. The molecule has 1 aromatic carbocycles. The van der Waals surface area contributed by atoms with Gasteiger partial charge >= 0.3 is 6.18 Å². The van der Waals surface area contributed by atoms with E-state index in [2.05, 4.69) is 5.32 Å². The Bertz CT molecular complexity index is 522. The predicted octanol–water partition coefficient (Wildman–Crippen LogP) is 2.31. The first kappa shape index (κ1) is 13.6. The normalized spacial score (nSPS) is 16.2. The second kappa shape index (κ2) is 5.03. The van der Waals surface area contributed by atoms with E-state index in [0.717, 1.165) is 12.1 Å². The van der Waals surface area contributed by atoms with Crippen molar-refractivity contribution in [2.24, 2.45) is 5.92 Å². The first-order chi connectivity index (χ1) is 8.43. The van der Waals surface area contributed by atoms with E-state index in [1.165, 1.54) is 6.07 Å². The Labute approximate surface area is 110 Å². The van der Waals surface area contributed by atoms with Gasteiger partial charge in [0.2, 0.25) is 0 Å². The minimum absolute atomic E-state index is 0.0323. The molecular formula is C11H9ClF3NOS. The van der Waals surface area contributed by atoms with Gasteiger partial charge in [0.05, 0.1) is 21.7 Å². The number of halogens is 4. The zero-order valence-electron chi connectivity index (χ0n) is 9.05. The molecule has 0 amide bonds. The maximum Gasteiger partial charge on any atom is 0.416 e. The van der Waals surface area contributed by atoms with Gasteiger partial charge in [0, 0.05) is 29.6 Å². The number of benzene rings is 1. The van der Waals surface area contributed by atoms with Crippen molar-refractivity contribution in [2.75, 3.05) is 13.1 Å². The van der Waals surface area contributed by atoms with Gasteiger partial charge in [-0.1, -0.05) is 17.7 Å². The SMILES string of the molecule is O=S=C(c1ccc(C(F)(F)F)cc1Cl)C1CNC1. The van der Waals surface area contributed by atoms with Crippen LogP contribution in [0.1, 0.15) is 11.1 Å². The van der Waals surface area contributed by atoms with Gasteiger partial charge in [-0.2, -0.15) is 13.2 Å². The van der Waals surface area contributed by atoms with Crippen LogP contribution in [-0.2, 0) is 17.4 Å². The smallest absolute Gasteiger partial charge is 0.315 e. The molecule has 7 heteroatoms. The van der Waals surface area contributed by atoms with Crippen LogP contribution in [0.3, 0.4) is 0 Å². The summed E-state index contributed by atoms with van der Waals surface area (Å²) in [6.07, 6.45) is -4.43. The fourth-order valence-electron chi connectivity index (χ4n) is 1.70. The van der Waals surface area contributed by atoms with Gasteiger partial charge in [0.25, 0.3) is 0 Å². The third-order valence-electron chi connectivity index (χ3n) is 2.80. The lowest BCUT2D eigenvalue weighted by Gasteiger charge is -2.28. The Hall–Kier alpha value is -0.850. The van der Waals surface area contributed by atoms with E-state index in [-0.39, 0.29) is 10.9 Å². The molecule has 1 saturated heterocycles. The molecule has 0 bridgehead atoms. The van der Waals surface area contributed by atoms with Crippen molar-refractivity contribution in [3.63, 3.8) is 0 Å². The zero-order chi connectivity index (χ0) is 13.3. The van der Waals surface area contributed by atoms with E-state index >= 15 is 0 Å². The third-order valence-corrected chi connectivity index (χ3v) is 3.85. The lowest BCUT2D eigenvalue weighted by atomic mass is 9.93. The molecule has 0 radical (unpaired) electrons. The van der Waals surface area contributed by atoms with Crippen molar-refractivity contribution in [1.29, 1.82) is 0 Å². The Balaban J connectivity index is 2.38. The number of rotatable bonds is 2. The largest absolute Gasteiger partial charge is 0.416 e. The van der Waals surface area contributed by atoms with Crippen molar-refractivity contribution < 1.29 is 17.4 Å². The summed E-state index contributed by atoms with van der Waals surface area (Å²) in [6, 6.07) is 3.08. The average molecular weight is 296 g/mol. The molecular weight excluding hydrogens is 287 g/mol. The summed E-state index contributed by atoms with van der Waals surface area (Å²) >= 11 is 6.14. The summed E-state index contributed by atoms with van der Waals surface area (Å²) in [5.41, 5.74) is -0.408. The van der Waals surface area contributed by atoms with Gasteiger partial charge in [-0.15, -0.1) is 0 Å². The molecule has 98 valence electrons. The lowest BCUT2D eigenvalue weighted by molar-refractivity contribution is -0.137. The zero-order valence-corrected chi connectivity index (χ0v) is 10.6. The number of hydrogen-bond acceptors (Lipinski definition) is 2. The fraction of sp³-hybridized carbons (Fsp3) is 0.364. The highest BCUT2D eigenvalue weighted by Crippen LogP contribution is 2.32. The highest BCUT2D eigenvalue weighted by molar-refractivity contribution is 7.67. The molecule has 2 nitrogen and oxygen atoms in total. The predicted molar refractivity (Wildman–Crippen MR) is 65.1 cm³/mol. The molecule has 0 atom stereocenters. The van der Waals surface area contributed by atoms with Crippen LogP contribution in [0.25, 0.3) is 0 Å². The molecule has 0 unspecified atom stereocenters. The van der Waals surface area contributed by atoms with Crippen LogP contribution in [-0.4, -0.2) is 22.2 Å². The summed E-state index contributed by atoms with van der Waals surface area (Å²) in [6.45, 7) is 1.31. The standard InChI is InChI=1S/C11H9ClF3NOS/c12-9-3-7(11(13,14)15)1-2-8(9)10(18-17)6-4-16-5-6/h1-3,6,16H,4-5H2. The Kier molecular flexibility index (Phi) is 3.79. The van der Waals surface area contributed by atoms with E-state index in [4.69, 9.17) is 11.6 Å². The second-order valence-electron chi connectivity index (χ2n) is 4.00. The van der Waals surface area contributed by atoms with Gasteiger partial charge in [-0.3, -0.25) is 0 Å². The van der Waals surface area contributed by atoms with Crippen LogP contribution in [0.15, 0.2) is 18.2 Å². The molecule has 1 heterocycles. The Morgan fingerprint density at radius 1 is 1.39 bits per heavy atom. The first-order valence-corrected chi connectivity index (χ1v) is 6.30. The molecule has 1 aliphatic rings. The van der Waals surface area contributed by atoms with E-state index in [0.29, 0.717) is 34.8 Å². The Morgan fingerprint density at radius 3 is 2.44 bits per heavy atom. The topological polar surface area (TPSA) is 29.1 Å². The summed E-state index contributed by atoms with van der Waals surface area (Å²) < 4.78 is 48.5. The van der Waals surface area contributed by atoms with Crippen LogP contribution in [0.4, 0.5) is 13.2 Å². The molecule has 0 aromatic heterocycles. The number of hydrogen-bond donors (Lipinski definition) is 1. The molecule has 18 heavy (non-hydrogen) atoms.